The van der Waals surface area contributed by atoms with Gasteiger partial charge in [0.15, 0.2) is 0 Å². The molecule has 2 aromatic rings. The molecule has 1 aromatic carbocycles. The average molecular weight is 427 g/mol. The van der Waals surface area contributed by atoms with Crippen LogP contribution in [0.4, 0.5) is 11.6 Å². The molecular weight excluding hydrogens is 396 g/mol. The van der Waals surface area contributed by atoms with E-state index in [2.05, 4.69) is 55.1 Å². The SMILES string of the molecule is Cc1ccccc1N1CCN(c2ncc(C(=O)NCCN3CCOCC3)c(=O)[nH]2)CC1. The van der Waals surface area contributed by atoms with Crippen LogP contribution in [-0.2, 0) is 4.74 Å². The number of ether oxygens (including phenoxy) is 1. The molecule has 0 radical (unpaired) electrons. The number of H-pyrrole nitrogens is 1. The second-order valence-electron chi connectivity index (χ2n) is 7.92. The number of para-hydroxylation sites is 1. The molecule has 166 valence electrons. The predicted molar refractivity (Wildman–Crippen MR) is 120 cm³/mol. The number of anilines is 2. The molecule has 3 heterocycles. The summed E-state index contributed by atoms with van der Waals surface area (Å²) in [6.07, 6.45) is 1.38. The number of aryl methyl sites for hydroxylation is 1. The molecule has 2 aliphatic heterocycles. The molecule has 4 rings (SSSR count). The Bertz CT molecular complexity index is 948. The van der Waals surface area contributed by atoms with Gasteiger partial charge < -0.3 is 19.9 Å². The van der Waals surface area contributed by atoms with Gasteiger partial charge in [0.1, 0.15) is 5.56 Å². The molecular formula is C22H30N6O3. The summed E-state index contributed by atoms with van der Waals surface area (Å²) in [5.41, 5.74) is 2.14. The summed E-state index contributed by atoms with van der Waals surface area (Å²) in [5.74, 6) is 0.122. The van der Waals surface area contributed by atoms with Gasteiger partial charge in [-0.25, -0.2) is 4.98 Å². The monoisotopic (exact) mass is 426 g/mol. The quantitative estimate of drug-likeness (QED) is 0.693. The van der Waals surface area contributed by atoms with Crippen molar-refractivity contribution in [1.82, 2.24) is 20.2 Å². The molecule has 2 N–H and O–H groups in total. The summed E-state index contributed by atoms with van der Waals surface area (Å²) in [4.78, 5) is 38.7. The maximum absolute atomic E-state index is 12.5. The lowest BCUT2D eigenvalue weighted by atomic mass is 10.1. The first-order valence-corrected chi connectivity index (χ1v) is 10.8. The first kappa shape index (κ1) is 21.3. The number of nitrogens with one attached hydrogen (secondary N) is 2. The van der Waals surface area contributed by atoms with Gasteiger partial charge in [0, 0.05) is 64.2 Å². The van der Waals surface area contributed by atoms with E-state index < -0.39 is 11.5 Å². The number of hydrogen-bond donors (Lipinski definition) is 2. The molecule has 0 spiro atoms. The zero-order chi connectivity index (χ0) is 21.6. The molecule has 0 atom stereocenters. The van der Waals surface area contributed by atoms with Crippen LogP contribution >= 0.6 is 0 Å². The van der Waals surface area contributed by atoms with Crippen LogP contribution in [0, 0.1) is 6.92 Å². The van der Waals surface area contributed by atoms with Gasteiger partial charge in [-0.15, -0.1) is 0 Å². The number of aromatic nitrogens is 2. The van der Waals surface area contributed by atoms with E-state index in [9.17, 15) is 9.59 Å². The molecule has 31 heavy (non-hydrogen) atoms. The van der Waals surface area contributed by atoms with Crippen molar-refractivity contribution < 1.29 is 9.53 Å². The van der Waals surface area contributed by atoms with Crippen molar-refractivity contribution in [3.8, 4) is 0 Å². The standard InChI is InChI=1S/C22H30N6O3/c1-17-4-2-3-5-19(17)27-8-10-28(11-9-27)22-24-16-18(21(30)25-22)20(29)23-6-7-26-12-14-31-15-13-26/h2-5,16H,6-15H2,1H3,(H,23,29)(H,24,25,30). The predicted octanol–water partition coefficient (Wildman–Crippen LogP) is 0.467. The summed E-state index contributed by atoms with van der Waals surface area (Å²) >= 11 is 0. The summed E-state index contributed by atoms with van der Waals surface area (Å²) in [7, 11) is 0. The molecule has 0 aliphatic carbocycles. The summed E-state index contributed by atoms with van der Waals surface area (Å²) in [6.45, 7) is 9.71. The van der Waals surface area contributed by atoms with Crippen LogP contribution in [0.3, 0.4) is 0 Å². The molecule has 0 unspecified atom stereocenters. The third-order valence-electron chi connectivity index (χ3n) is 5.88. The Morgan fingerprint density at radius 1 is 1.10 bits per heavy atom. The van der Waals surface area contributed by atoms with Gasteiger partial charge in [0.2, 0.25) is 5.95 Å². The third kappa shape index (κ3) is 5.23. The van der Waals surface area contributed by atoms with Gasteiger partial charge in [0.25, 0.3) is 11.5 Å². The normalized spacial score (nSPS) is 17.6. The number of rotatable bonds is 6. The van der Waals surface area contributed by atoms with Gasteiger partial charge in [0.05, 0.1) is 13.2 Å². The molecule has 1 aromatic heterocycles. The molecule has 1 amide bonds. The van der Waals surface area contributed by atoms with E-state index in [0.29, 0.717) is 12.5 Å². The van der Waals surface area contributed by atoms with Gasteiger partial charge in [-0.3, -0.25) is 19.5 Å². The van der Waals surface area contributed by atoms with Crippen LogP contribution in [0.1, 0.15) is 15.9 Å². The molecule has 9 heteroatoms. The summed E-state index contributed by atoms with van der Waals surface area (Å²) < 4.78 is 5.32. The third-order valence-corrected chi connectivity index (χ3v) is 5.88. The number of hydrogen-bond acceptors (Lipinski definition) is 7. The lowest BCUT2D eigenvalue weighted by Crippen LogP contribution is -2.48. The van der Waals surface area contributed by atoms with Gasteiger partial charge in [-0.2, -0.15) is 0 Å². The summed E-state index contributed by atoms with van der Waals surface area (Å²) in [5, 5.41) is 2.81. The van der Waals surface area contributed by atoms with Crippen molar-refractivity contribution in [2.45, 2.75) is 6.92 Å². The van der Waals surface area contributed by atoms with Crippen LogP contribution in [0.15, 0.2) is 35.3 Å². The Morgan fingerprint density at radius 3 is 2.52 bits per heavy atom. The molecule has 9 nitrogen and oxygen atoms in total. The molecule has 0 bridgehead atoms. The van der Waals surface area contributed by atoms with Crippen LogP contribution in [0.2, 0.25) is 0 Å². The highest BCUT2D eigenvalue weighted by Crippen LogP contribution is 2.21. The van der Waals surface area contributed by atoms with E-state index >= 15 is 0 Å². The van der Waals surface area contributed by atoms with E-state index in [0.717, 1.165) is 59.0 Å². The fourth-order valence-corrected chi connectivity index (χ4v) is 4.03. The average Bonchev–Trinajstić information content (AvgIpc) is 2.80. The fourth-order valence-electron chi connectivity index (χ4n) is 4.03. The largest absolute Gasteiger partial charge is 0.379 e. The van der Waals surface area contributed by atoms with Crippen LogP contribution < -0.4 is 20.7 Å². The second-order valence-corrected chi connectivity index (χ2v) is 7.92. The zero-order valence-corrected chi connectivity index (χ0v) is 18.0. The number of carbonyl (C=O) groups excluding carboxylic acids is 1. The molecule has 2 aliphatic rings. The van der Waals surface area contributed by atoms with Gasteiger partial charge in [-0.1, -0.05) is 18.2 Å². The van der Waals surface area contributed by atoms with Gasteiger partial charge >= 0.3 is 0 Å². The Hall–Kier alpha value is -2.91. The topological polar surface area (TPSA) is 93.8 Å². The minimum absolute atomic E-state index is 0.0456. The smallest absolute Gasteiger partial charge is 0.265 e. The van der Waals surface area contributed by atoms with E-state index in [1.165, 1.54) is 17.4 Å². The number of morpholine rings is 1. The Labute approximate surface area is 182 Å². The van der Waals surface area contributed by atoms with Crippen molar-refractivity contribution in [3.63, 3.8) is 0 Å². The number of aromatic amines is 1. The van der Waals surface area contributed by atoms with Crippen molar-refractivity contribution in [2.24, 2.45) is 0 Å². The zero-order valence-electron chi connectivity index (χ0n) is 18.0. The molecule has 2 saturated heterocycles. The number of nitrogens with zero attached hydrogens (tertiary/aromatic N) is 4. The van der Waals surface area contributed by atoms with E-state index in [-0.39, 0.29) is 5.56 Å². The van der Waals surface area contributed by atoms with Crippen molar-refractivity contribution in [2.75, 3.05) is 75.4 Å². The van der Waals surface area contributed by atoms with E-state index in [4.69, 9.17) is 4.74 Å². The summed E-state index contributed by atoms with van der Waals surface area (Å²) in [6, 6.07) is 8.35. The maximum atomic E-state index is 12.5. The fraction of sp³-hybridized carbons (Fsp3) is 0.500. The van der Waals surface area contributed by atoms with Crippen molar-refractivity contribution in [3.05, 3.63) is 51.9 Å². The Morgan fingerprint density at radius 2 is 1.81 bits per heavy atom. The van der Waals surface area contributed by atoms with Crippen LogP contribution in [0.25, 0.3) is 0 Å². The van der Waals surface area contributed by atoms with Crippen LogP contribution in [0.5, 0.6) is 0 Å². The highest BCUT2D eigenvalue weighted by molar-refractivity contribution is 5.93. The number of carbonyl (C=O) groups is 1. The minimum Gasteiger partial charge on any atom is -0.379 e. The van der Waals surface area contributed by atoms with E-state index in [1.54, 1.807) is 0 Å². The highest BCUT2D eigenvalue weighted by atomic mass is 16.5. The maximum Gasteiger partial charge on any atom is 0.265 e. The Balaban J connectivity index is 1.31. The minimum atomic E-state index is -0.407. The number of benzene rings is 1. The van der Waals surface area contributed by atoms with Crippen LogP contribution in [-0.4, -0.2) is 86.3 Å². The first-order valence-electron chi connectivity index (χ1n) is 10.8. The number of amides is 1. The van der Waals surface area contributed by atoms with Crippen molar-refractivity contribution in [1.29, 1.82) is 0 Å². The lowest BCUT2D eigenvalue weighted by Gasteiger charge is -2.37. The molecule has 0 saturated carbocycles. The highest BCUT2D eigenvalue weighted by Gasteiger charge is 2.21. The van der Waals surface area contributed by atoms with Gasteiger partial charge in [-0.05, 0) is 18.6 Å². The van der Waals surface area contributed by atoms with Crippen molar-refractivity contribution >= 4 is 17.5 Å². The Kier molecular flexibility index (Phi) is 6.83. The second kappa shape index (κ2) is 9.93. The lowest BCUT2D eigenvalue weighted by molar-refractivity contribution is 0.0383. The first-order chi connectivity index (χ1) is 15.1. The van der Waals surface area contributed by atoms with E-state index in [1.807, 2.05) is 6.07 Å². The number of piperazine rings is 1. The molecule has 2 fully saturated rings.